The summed E-state index contributed by atoms with van der Waals surface area (Å²) in [6, 6.07) is 4.61. The van der Waals surface area contributed by atoms with Crippen LogP contribution < -0.4 is 5.73 Å². The van der Waals surface area contributed by atoms with Gasteiger partial charge in [0.25, 0.3) is 0 Å². The summed E-state index contributed by atoms with van der Waals surface area (Å²) < 4.78 is 5.34. The van der Waals surface area contributed by atoms with E-state index in [1.807, 2.05) is 6.92 Å². The number of nitrogens with two attached hydrogens (primary N) is 1. The highest BCUT2D eigenvalue weighted by atomic mass is 35.5. The molecule has 1 aliphatic rings. The van der Waals surface area contributed by atoms with Crippen molar-refractivity contribution in [1.29, 1.82) is 5.41 Å². The van der Waals surface area contributed by atoms with Gasteiger partial charge >= 0.3 is 0 Å². The minimum absolute atomic E-state index is 0.00454. The topological polar surface area (TPSA) is 91.7 Å². The quantitative estimate of drug-likeness (QED) is 0.748. The fraction of sp³-hybridized carbons (Fsp3) is 0.143. The highest BCUT2D eigenvalue weighted by molar-refractivity contribution is 6.32. The monoisotopic (exact) mass is 291 g/mol. The molecule has 0 spiro atoms. The summed E-state index contributed by atoms with van der Waals surface area (Å²) in [4.78, 5) is 4.34. The van der Waals surface area contributed by atoms with E-state index in [1.165, 1.54) is 18.2 Å². The molecule has 0 bridgehead atoms. The van der Waals surface area contributed by atoms with Crippen LogP contribution in [0.3, 0.4) is 0 Å². The van der Waals surface area contributed by atoms with Gasteiger partial charge in [0.05, 0.1) is 34.4 Å². The first-order valence-corrected chi connectivity index (χ1v) is 6.37. The van der Waals surface area contributed by atoms with Gasteiger partial charge in [-0.1, -0.05) is 11.6 Å². The van der Waals surface area contributed by atoms with Crippen molar-refractivity contribution >= 4 is 28.7 Å². The van der Waals surface area contributed by atoms with Crippen LogP contribution in [0.2, 0.25) is 5.02 Å². The Kier molecular flexibility index (Phi) is 4.10. The number of hydrogen-bond acceptors (Lipinski definition) is 5. The van der Waals surface area contributed by atoms with Crippen LogP contribution in [0.1, 0.15) is 6.92 Å². The number of hydrogen-bond donors (Lipinski definition) is 3. The van der Waals surface area contributed by atoms with E-state index in [4.69, 9.17) is 27.5 Å². The maximum atomic E-state index is 9.37. The number of phenols is 1. The minimum atomic E-state index is -0.00454. The van der Waals surface area contributed by atoms with E-state index in [-0.39, 0.29) is 16.5 Å². The first kappa shape index (κ1) is 14.1. The highest BCUT2D eigenvalue weighted by Crippen LogP contribution is 2.28. The zero-order chi connectivity index (χ0) is 14.7. The first-order chi connectivity index (χ1) is 9.51. The van der Waals surface area contributed by atoms with Gasteiger partial charge in [-0.15, -0.1) is 0 Å². The normalized spacial score (nSPS) is 16.9. The molecule has 0 heterocycles. The molecule has 0 aromatic heterocycles. The smallest absolute Gasteiger partial charge is 0.146 e. The van der Waals surface area contributed by atoms with E-state index in [1.54, 1.807) is 12.1 Å². The molecule has 4 N–H and O–H groups in total. The molecule has 5 nitrogen and oxygen atoms in total. The van der Waals surface area contributed by atoms with Crippen LogP contribution in [0, 0.1) is 5.41 Å². The molecule has 2 rings (SSSR count). The molecule has 0 radical (unpaired) electrons. The van der Waals surface area contributed by atoms with E-state index >= 15 is 0 Å². The molecule has 0 atom stereocenters. The lowest BCUT2D eigenvalue weighted by Crippen LogP contribution is -2.19. The van der Waals surface area contributed by atoms with Crippen LogP contribution in [0.4, 0.5) is 5.69 Å². The summed E-state index contributed by atoms with van der Waals surface area (Å²) >= 11 is 5.83. The van der Waals surface area contributed by atoms with Crippen LogP contribution in [-0.4, -0.2) is 23.1 Å². The van der Waals surface area contributed by atoms with Crippen LogP contribution in [0.5, 0.6) is 5.75 Å². The summed E-state index contributed by atoms with van der Waals surface area (Å²) in [6.07, 6.45) is 3.10. The van der Waals surface area contributed by atoms with Gasteiger partial charge in [0.15, 0.2) is 0 Å². The molecular weight excluding hydrogens is 278 g/mol. The third-order valence-corrected chi connectivity index (χ3v) is 2.91. The predicted molar refractivity (Wildman–Crippen MR) is 79.9 cm³/mol. The van der Waals surface area contributed by atoms with Gasteiger partial charge < -0.3 is 15.6 Å². The predicted octanol–water partition coefficient (Wildman–Crippen LogP) is 2.91. The Morgan fingerprint density at radius 2 is 2.15 bits per heavy atom. The van der Waals surface area contributed by atoms with Crippen LogP contribution in [0.15, 0.2) is 46.8 Å². The average Bonchev–Trinajstić information content (AvgIpc) is 2.39. The zero-order valence-corrected chi connectivity index (χ0v) is 11.6. The number of rotatable bonds is 3. The Labute approximate surface area is 121 Å². The lowest BCUT2D eigenvalue weighted by Gasteiger charge is -2.14. The fourth-order valence-electron chi connectivity index (χ4n) is 1.66. The van der Waals surface area contributed by atoms with Crippen molar-refractivity contribution in [3.05, 3.63) is 46.8 Å². The summed E-state index contributed by atoms with van der Waals surface area (Å²) in [6.45, 7) is 2.30. The van der Waals surface area contributed by atoms with Gasteiger partial charge in [0, 0.05) is 6.08 Å². The number of allylic oxidation sites excluding steroid dienone is 2. The summed E-state index contributed by atoms with van der Waals surface area (Å²) in [5.41, 5.74) is 7.49. The number of phenolic OH excluding ortho intramolecular Hbond substituents is 1. The van der Waals surface area contributed by atoms with Gasteiger partial charge in [-0.2, -0.15) is 0 Å². The molecule has 1 aromatic rings. The Morgan fingerprint density at radius 1 is 1.40 bits per heavy atom. The third-order valence-electron chi connectivity index (χ3n) is 2.61. The molecular formula is C14H14ClN3O2. The molecule has 0 aliphatic heterocycles. The number of ether oxygens (including phenoxy) is 1. The Balaban J connectivity index is 2.38. The highest BCUT2D eigenvalue weighted by Gasteiger charge is 2.15. The van der Waals surface area contributed by atoms with E-state index in [0.29, 0.717) is 29.5 Å². The van der Waals surface area contributed by atoms with Crippen molar-refractivity contribution in [1.82, 2.24) is 0 Å². The lowest BCUT2D eigenvalue weighted by molar-refractivity contribution is 0.250. The third kappa shape index (κ3) is 3.00. The van der Waals surface area contributed by atoms with Crippen LogP contribution in [-0.2, 0) is 4.74 Å². The zero-order valence-electron chi connectivity index (χ0n) is 10.9. The van der Waals surface area contributed by atoms with Crippen LogP contribution in [0.25, 0.3) is 0 Å². The van der Waals surface area contributed by atoms with Gasteiger partial charge in [0.2, 0.25) is 0 Å². The fourth-order valence-corrected chi connectivity index (χ4v) is 1.84. The molecule has 1 aromatic carbocycles. The second-order valence-electron chi connectivity index (χ2n) is 4.09. The van der Waals surface area contributed by atoms with E-state index in [0.717, 1.165) is 0 Å². The van der Waals surface area contributed by atoms with E-state index in [2.05, 4.69) is 4.99 Å². The first-order valence-electron chi connectivity index (χ1n) is 5.99. The Bertz CT molecular complexity index is 648. The number of nitrogens with one attached hydrogen (secondary N) is 1. The summed E-state index contributed by atoms with van der Waals surface area (Å²) in [7, 11) is 0. The average molecular weight is 292 g/mol. The second-order valence-corrected chi connectivity index (χ2v) is 4.49. The second kappa shape index (κ2) is 5.79. The number of aromatic hydroxyl groups is 1. The van der Waals surface area contributed by atoms with Crippen molar-refractivity contribution in [3.63, 3.8) is 0 Å². The maximum absolute atomic E-state index is 9.37. The SMILES string of the molecule is CCOC1=CC(=Nc2ccc(O)c(Cl)c2)C(N)=CC1=N. The van der Waals surface area contributed by atoms with Gasteiger partial charge in [0.1, 0.15) is 11.5 Å². The number of benzene rings is 1. The minimum Gasteiger partial charge on any atom is -0.506 e. The van der Waals surface area contributed by atoms with E-state index < -0.39 is 0 Å². The maximum Gasteiger partial charge on any atom is 0.146 e. The van der Waals surface area contributed by atoms with Crippen molar-refractivity contribution in [2.45, 2.75) is 6.92 Å². The molecule has 0 saturated carbocycles. The molecule has 1 aliphatic carbocycles. The lowest BCUT2D eigenvalue weighted by atomic mass is 10.1. The van der Waals surface area contributed by atoms with Crippen LogP contribution >= 0.6 is 11.6 Å². The number of aliphatic imine (C=N–C) groups is 1. The molecule has 20 heavy (non-hydrogen) atoms. The molecule has 0 saturated heterocycles. The van der Waals surface area contributed by atoms with Crippen molar-refractivity contribution in [2.24, 2.45) is 10.7 Å². The Hall–Kier alpha value is -2.27. The number of nitrogens with zero attached hydrogens (tertiary/aromatic N) is 1. The van der Waals surface area contributed by atoms with Gasteiger partial charge in [-0.3, -0.25) is 5.41 Å². The molecule has 6 heteroatoms. The standard InChI is InChI=1S/C14H14ClN3O2/c1-2-20-14-7-12(10(16)6-11(14)17)18-8-3-4-13(19)9(15)5-8/h3-7,17,19H,2,16H2,1H3. The van der Waals surface area contributed by atoms with E-state index in [9.17, 15) is 5.11 Å². The molecule has 0 fully saturated rings. The molecule has 104 valence electrons. The van der Waals surface area contributed by atoms with Gasteiger partial charge in [-0.25, -0.2) is 4.99 Å². The van der Waals surface area contributed by atoms with Crippen molar-refractivity contribution in [3.8, 4) is 5.75 Å². The summed E-state index contributed by atoms with van der Waals surface area (Å²) in [5, 5.41) is 17.3. The van der Waals surface area contributed by atoms with Crippen molar-refractivity contribution < 1.29 is 9.84 Å². The Morgan fingerprint density at radius 3 is 2.80 bits per heavy atom. The summed E-state index contributed by atoms with van der Waals surface area (Å²) in [5.74, 6) is 0.417. The molecule has 0 amide bonds. The largest absolute Gasteiger partial charge is 0.506 e. The van der Waals surface area contributed by atoms with Crippen molar-refractivity contribution in [2.75, 3.05) is 6.61 Å². The van der Waals surface area contributed by atoms with Gasteiger partial charge in [-0.05, 0) is 31.2 Å². The number of halogens is 1. The molecule has 0 unspecified atom stereocenters.